The van der Waals surface area contributed by atoms with Crippen LogP contribution in [-0.4, -0.2) is 64.8 Å². The summed E-state index contributed by atoms with van der Waals surface area (Å²) in [7, 11) is 0. The van der Waals surface area contributed by atoms with Gasteiger partial charge in [-0.05, 0) is 81.0 Å². The number of rotatable bonds is 10. The Labute approximate surface area is 224 Å². The summed E-state index contributed by atoms with van der Waals surface area (Å²) in [5.41, 5.74) is 3.38. The quantitative estimate of drug-likeness (QED) is 0.259. The average molecular weight is 529 g/mol. The number of piperidine rings is 1. The van der Waals surface area contributed by atoms with Crippen molar-refractivity contribution in [3.63, 3.8) is 0 Å². The van der Waals surface area contributed by atoms with Gasteiger partial charge in [-0.15, -0.1) is 0 Å². The lowest BCUT2D eigenvalue weighted by Crippen LogP contribution is -2.49. The smallest absolute Gasteiger partial charge is 0.253 e. The van der Waals surface area contributed by atoms with Gasteiger partial charge in [0.25, 0.3) is 5.91 Å². The van der Waals surface area contributed by atoms with Crippen molar-refractivity contribution in [2.24, 2.45) is 4.99 Å². The monoisotopic (exact) mass is 528 g/mol. The molecule has 1 saturated heterocycles. The molecule has 7 nitrogen and oxygen atoms in total. The minimum Gasteiger partial charge on any atom is -0.352 e. The van der Waals surface area contributed by atoms with Crippen molar-refractivity contribution in [1.29, 1.82) is 5.26 Å². The molecule has 3 heterocycles. The largest absolute Gasteiger partial charge is 0.352 e. The van der Waals surface area contributed by atoms with E-state index in [9.17, 15) is 10.1 Å². The highest BCUT2D eigenvalue weighted by Gasteiger charge is 2.29. The van der Waals surface area contributed by atoms with E-state index < -0.39 is 0 Å². The summed E-state index contributed by atoms with van der Waals surface area (Å²) < 4.78 is 0. The number of aliphatic imine (C=N–C) groups is 1. The minimum absolute atomic E-state index is 0.0932. The third kappa shape index (κ3) is 7.52. The van der Waals surface area contributed by atoms with Crippen molar-refractivity contribution in [3.05, 3.63) is 50.4 Å². The number of carbonyl (C=O) groups is 1. The number of nitrogens with zero attached hydrogens (tertiary/aromatic N) is 5. The zero-order chi connectivity index (χ0) is 26.1. The van der Waals surface area contributed by atoms with Gasteiger partial charge in [0.15, 0.2) is 0 Å². The predicted molar refractivity (Wildman–Crippen MR) is 148 cm³/mol. The molecule has 1 unspecified atom stereocenters. The standard InChI is InChI=1S/C27H37ClN6OS/c1-5-30-25(6-11-29)34(17-22-10-15-36-18-22)23-8-13-33(14-9-23)20(3)7-12-31-27(35)26-19(2)16-24(28)32-21(26)4/h10,15-16,18,20,23H,5-9,12-14,17H2,1-4H3,(H,31,35). The average Bonchev–Trinajstić information content (AvgIpc) is 3.35. The van der Waals surface area contributed by atoms with Crippen LogP contribution in [0.4, 0.5) is 0 Å². The van der Waals surface area contributed by atoms with Crippen LogP contribution in [0.25, 0.3) is 0 Å². The van der Waals surface area contributed by atoms with E-state index in [-0.39, 0.29) is 5.91 Å². The van der Waals surface area contributed by atoms with Gasteiger partial charge in [-0.1, -0.05) is 11.6 Å². The number of hydrogen-bond donors (Lipinski definition) is 1. The first-order valence-electron chi connectivity index (χ1n) is 12.7. The second-order valence-corrected chi connectivity index (χ2v) is 10.5. The molecule has 1 N–H and O–H groups in total. The van der Waals surface area contributed by atoms with Gasteiger partial charge in [0.05, 0.1) is 23.7 Å². The van der Waals surface area contributed by atoms with Gasteiger partial charge >= 0.3 is 0 Å². The van der Waals surface area contributed by atoms with Crippen LogP contribution in [0.2, 0.25) is 5.15 Å². The highest BCUT2D eigenvalue weighted by atomic mass is 35.5. The van der Waals surface area contributed by atoms with Gasteiger partial charge in [0.1, 0.15) is 11.0 Å². The van der Waals surface area contributed by atoms with Crippen molar-refractivity contribution in [2.45, 2.75) is 72.0 Å². The maximum Gasteiger partial charge on any atom is 0.253 e. The van der Waals surface area contributed by atoms with Gasteiger partial charge in [0.2, 0.25) is 0 Å². The van der Waals surface area contributed by atoms with E-state index in [1.54, 1.807) is 17.4 Å². The molecule has 1 atom stereocenters. The lowest BCUT2D eigenvalue weighted by molar-refractivity contribution is 0.0934. The van der Waals surface area contributed by atoms with Crippen molar-refractivity contribution in [3.8, 4) is 6.07 Å². The van der Waals surface area contributed by atoms with Crippen LogP contribution in [0.5, 0.6) is 0 Å². The number of aromatic nitrogens is 1. The summed E-state index contributed by atoms with van der Waals surface area (Å²) in [4.78, 5) is 26.5. The topological polar surface area (TPSA) is 84.6 Å². The van der Waals surface area contributed by atoms with E-state index >= 15 is 0 Å². The zero-order valence-electron chi connectivity index (χ0n) is 21.8. The number of halogens is 1. The molecule has 0 aromatic carbocycles. The molecule has 9 heteroatoms. The molecule has 2 aromatic rings. The maximum absolute atomic E-state index is 12.7. The fourth-order valence-electron chi connectivity index (χ4n) is 4.94. The van der Waals surface area contributed by atoms with Crippen molar-refractivity contribution in [2.75, 3.05) is 26.2 Å². The SMILES string of the molecule is CCN=C(CC#N)N(Cc1ccsc1)C1CCN(C(C)CCNC(=O)c2c(C)cc(Cl)nc2C)CC1. The molecule has 2 aromatic heterocycles. The third-order valence-corrected chi connectivity index (χ3v) is 7.77. The molecular weight excluding hydrogens is 492 g/mol. The summed E-state index contributed by atoms with van der Waals surface area (Å²) in [5.74, 6) is 0.812. The lowest BCUT2D eigenvalue weighted by Gasteiger charge is -2.42. The number of amides is 1. The number of nitrogens with one attached hydrogen (secondary N) is 1. The fraction of sp³-hybridized carbons (Fsp3) is 0.556. The Hall–Kier alpha value is -2.47. The molecule has 0 saturated carbocycles. The number of likely N-dealkylation sites (tertiary alicyclic amines) is 1. The van der Waals surface area contributed by atoms with E-state index in [2.05, 4.69) is 54.9 Å². The molecule has 1 amide bonds. The summed E-state index contributed by atoms with van der Waals surface area (Å²) in [5, 5.41) is 17.1. The van der Waals surface area contributed by atoms with Gasteiger partial charge in [-0.25, -0.2) is 4.98 Å². The fourth-order valence-corrected chi connectivity index (χ4v) is 5.89. The predicted octanol–water partition coefficient (Wildman–Crippen LogP) is 5.22. The van der Waals surface area contributed by atoms with Crippen LogP contribution < -0.4 is 5.32 Å². The van der Waals surface area contributed by atoms with Crippen LogP contribution in [0, 0.1) is 25.2 Å². The number of hydrogen-bond acceptors (Lipinski definition) is 6. The van der Waals surface area contributed by atoms with Crippen molar-refractivity contribution in [1.82, 2.24) is 20.1 Å². The summed E-state index contributed by atoms with van der Waals surface area (Å²) in [6.07, 6.45) is 3.29. The normalized spacial score (nSPS) is 15.9. The van der Waals surface area contributed by atoms with Crippen LogP contribution in [-0.2, 0) is 6.54 Å². The van der Waals surface area contributed by atoms with E-state index in [4.69, 9.17) is 11.6 Å². The first-order valence-corrected chi connectivity index (χ1v) is 14.0. The summed E-state index contributed by atoms with van der Waals surface area (Å²) in [6, 6.07) is 6.93. The highest BCUT2D eigenvalue weighted by molar-refractivity contribution is 7.07. The highest BCUT2D eigenvalue weighted by Crippen LogP contribution is 2.23. The van der Waals surface area contributed by atoms with Gasteiger partial charge in [-0.3, -0.25) is 9.79 Å². The Balaban J connectivity index is 1.53. The number of amidine groups is 1. The number of thiophene rings is 1. The first kappa shape index (κ1) is 28.1. The van der Waals surface area contributed by atoms with E-state index in [0.717, 1.165) is 50.3 Å². The van der Waals surface area contributed by atoms with Crippen molar-refractivity contribution >= 4 is 34.7 Å². The molecular formula is C27H37ClN6OS. The molecule has 0 radical (unpaired) electrons. The first-order chi connectivity index (χ1) is 17.3. The van der Waals surface area contributed by atoms with E-state index in [0.29, 0.717) is 48.0 Å². The molecule has 1 aliphatic heterocycles. The molecule has 36 heavy (non-hydrogen) atoms. The number of aryl methyl sites for hydroxylation is 2. The van der Waals surface area contributed by atoms with E-state index in [1.165, 1.54) is 5.56 Å². The maximum atomic E-state index is 12.7. The molecule has 1 aliphatic rings. The van der Waals surface area contributed by atoms with Gasteiger partial charge < -0.3 is 15.1 Å². The van der Waals surface area contributed by atoms with E-state index in [1.807, 2.05) is 20.8 Å². The molecule has 1 fully saturated rings. The van der Waals surface area contributed by atoms with Crippen LogP contribution in [0.3, 0.4) is 0 Å². The van der Waals surface area contributed by atoms with Gasteiger partial charge in [-0.2, -0.15) is 16.6 Å². The Morgan fingerprint density at radius 1 is 1.42 bits per heavy atom. The van der Waals surface area contributed by atoms with Crippen LogP contribution >= 0.6 is 22.9 Å². The third-order valence-electron chi connectivity index (χ3n) is 6.85. The summed E-state index contributed by atoms with van der Waals surface area (Å²) >= 11 is 7.70. The van der Waals surface area contributed by atoms with Crippen LogP contribution in [0.1, 0.15) is 66.7 Å². The van der Waals surface area contributed by atoms with Crippen LogP contribution in [0.15, 0.2) is 27.9 Å². The van der Waals surface area contributed by atoms with Crippen molar-refractivity contribution < 1.29 is 4.79 Å². The molecule has 0 aliphatic carbocycles. The number of pyridine rings is 1. The lowest BCUT2D eigenvalue weighted by atomic mass is 9.99. The summed E-state index contributed by atoms with van der Waals surface area (Å²) in [6.45, 7) is 12.0. The molecule has 194 valence electrons. The second kappa shape index (κ2) is 13.7. The molecule has 0 bridgehead atoms. The number of carbonyl (C=O) groups excluding carboxylic acids is 1. The second-order valence-electron chi connectivity index (χ2n) is 9.37. The Morgan fingerprint density at radius 2 is 2.17 bits per heavy atom. The Kier molecular flexibility index (Phi) is 10.7. The zero-order valence-corrected chi connectivity index (χ0v) is 23.3. The van der Waals surface area contributed by atoms with Gasteiger partial charge in [0, 0.05) is 44.8 Å². The number of nitriles is 1. The Bertz CT molecular complexity index is 1050. The molecule has 0 spiro atoms. The molecule has 3 rings (SSSR count). The Morgan fingerprint density at radius 3 is 2.78 bits per heavy atom. The minimum atomic E-state index is -0.0932.